The molecule has 3 rings (SSSR count). The van der Waals surface area contributed by atoms with Crippen molar-refractivity contribution >= 4 is 45.3 Å². The molecule has 2 heterocycles. The van der Waals surface area contributed by atoms with Crippen LogP contribution in [0, 0.1) is 0 Å². The summed E-state index contributed by atoms with van der Waals surface area (Å²) in [7, 11) is 0. The molecular formula is C18H20N4O3S2. The number of rotatable bonds is 7. The zero-order valence-electron chi connectivity index (χ0n) is 14.7. The molecule has 1 aliphatic carbocycles. The third-order valence-electron chi connectivity index (χ3n) is 4.09. The highest BCUT2D eigenvalue weighted by molar-refractivity contribution is 7.99. The van der Waals surface area contributed by atoms with Crippen LogP contribution in [0.5, 0.6) is 0 Å². The summed E-state index contributed by atoms with van der Waals surface area (Å²) >= 11 is 2.69. The summed E-state index contributed by atoms with van der Waals surface area (Å²) in [4.78, 5) is 43.1. The van der Waals surface area contributed by atoms with E-state index in [-0.39, 0.29) is 17.9 Å². The first-order valence-corrected chi connectivity index (χ1v) is 10.3. The fourth-order valence-electron chi connectivity index (χ4n) is 2.96. The number of hydrogen-bond acceptors (Lipinski definition) is 6. The van der Waals surface area contributed by atoms with E-state index in [0.29, 0.717) is 17.1 Å². The van der Waals surface area contributed by atoms with Gasteiger partial charge in [0.25, 0.3) is 5.56 Å². The smallest absolute Gasteiger partial charge is 0.321 e. The first kappa shape index (κ1) is 19.4. The third-order valence-corrected chi connectivity index (χ3v) is 6.26. The Morgan fingerprint density at radius 3 is 2.85 bits per heavy atom. The lowest BCUT2D eigenvalue weighted by molar-refractivity contribution is -0.117. The highest BCUT2D eigenvalue weighted by atomic mass is 32.2. The Morgan fingerprint density at radius 1 is 1.30 bits per heavy atom. The number of fused-ring (bicyclic) bond motifs is 3. The van der Waals surface area contributed by atoms with Crippen molar-refractivity contribution in [2.45, 2.75) is 31.0 Å². The van der Waals surface area contributed by atoms with Gasteiger partial charge in [0.2, 0.25) is 5.91 Å². The molecule has 0 spiro atoms. The van der Waals surface area contributed by atoms with Gasteiger partial charge in [-0.1, -0.05) is 23.9 Å². The molecule has 0 unspecified atom stereocenters. The number of nitrogens with one attached hydrogen (secondary N) is 2. The molecule has 0 aliphatic heterocycles. The van der Waals surface area contributed by atoms with E-state index < -0.39 is 11.9 Å². The van der Waals surface area contributed by atoms with Gasteiger partial charge in [-0.15, -0.1) is 24.5 Å². The first-order valence-electron chi connectivity index (χ1n) is 8.52. The summed E-state index contributed by atoms with van der Waals surface area (Å²) in [5.74, 6) is -0.489. The van der Waals surface area contributed by atoms with Crippen molar-refractivity contribution in [3.05, 3.63) is 46.1 Å². The van der Waals surface area contributed by atoms with Gasteiger partial charge in [-0.3, -0.25) is 19.5 Å². The summed E-state index contributed by atoms with van der Waals surface area (Å²) in [6.07, 6.45) is 6.12. The van der Waals surface area contributed by atoms with Crippen LogP contribution < -0.4 is 16.2 Å². The summed E-state index contributed by atoms with van der Waals surface area (Å²) in [5.41, 5.74) is 1.03. The molecule has 1 aliphatic rings. The summed E-state index contributed by atoms with van der Waals surface area (Å²) in [6.45, 7) is 7.78. The maximum absolute atomic E-state index is 13.0. The second kappa shape index (κ2) is 8.53. The van der Waals surface area contributed by atoms with E-state index in [1.807, 2.05) is 0 Å². The Balaban J connectivity index is 1.81. The number of aromatic nitrogens is 2. The van der Waals surface area contributed by atoms with E-state index in [2.05, 4.69) is 28.8 Å². The van der Waals surface area contributed by atoms with E-state index in [0.717, 1.165) is 41.4 Å². The molecule has 2 N–H and O–H groups in total. The van der Waals surface area contributed by atoms with Crippen LogP contribution in [0.4, 0.5) is 4.79 Å². The van der Waals surface area contributed by atoms with Gasteiger partial charge in [0.05, 0.1) is 11.1 Å². The molecule has 142 valence electrons. The Bertz CT molecular complexity index is 977. The van der Waals surface area contributed by atoms with Crippen LogP contribution in [-0.2, 0) is 24.2 Å². The van der Waals surface area contributed by atoms with Crippen molar-refractivity contribution in [2.24, 2.45) is 0 Å². The lowest BCUT2D eigenvalue weighted by Crippen LogP contribution is -2.40. The van der Waals surface area contributed by atoms with Gasteiger partial charge in [-0.2, -0.15) is 0 Å². The van der Waals surface area contributed by atoms with Crippen LogP contribution in [-0.4, -0.2) is 33.8 Å². The van der Waals surface area contributed by atoms with Gasteiger partial charge in [0, 0.05) is 18.0 Å². The molecule has 2 aromatic rings. The Labute approximate surface area is 164 Å². The minimum Gasteiger partial charge on any atom is -0.334 e. The van der Waals surface area contributed by atoms with Crippen molar-refractivity contribution in [3.63, 3.8) is 0 Å². The van der Waals surface area contributed by atoms with E-state index in [1.165, 1.54) is 15.5 Å². The zero-order valence-corrected chi connectivity index (χ0v) is 16.4. The third kappa shape index (κ3) is 4.14. The van der Waals surface area contributed by atoms with Gasteiger partial charge >= 0.3 is 6.03 Å². The van der Waals surface area contributed by atoms with Gasteiger partial charge in [-0.25, -0.2) is 9.78 Å². The van der Waals surface area contributed by atoms with Crippen molar-refractivity contribution in [3.8, 4) is 0 Å². The molecule has 0 fully saturated rings. The average Bonchev–Trinajstić information content (AvgIpc) is 3.21. The Kier molecular flexibility index (Phi) is 6.12. The molecule has 9 heteroatoms. The van der Waals surface area contributed by atoms with Gasteiger partial charge < -0.3 is 5.32 Å². The van der Waals surface area contributed by atoms with E-state index in [1.54, 1.807) is 17.4 Å². The SMILES string of the molecule is C=CCNC(=O)NC(=O)CSc1nc2sc3c(c2c(=O)n1CC=C)CCC3. The molecular weight excluding hydrogens is 384 g/mol. The first-order chi connectivity index (χ1) is 13.0. The molecule has 3 amide bonds. The Morgan fingerprint density at radius 2 is 2.11 bits per heavy atom. The number of hydrogen-bond donors (Lipinski definition) is 2. The molecule has 27 heavy (non-hydrogen) atoms. The lowest BCUT2D eigenvalue weighted by atomic mass is 10.2. The predicted octanol–water partition coefficient (Wildman–Crippen LogP) is 2.24. The molecule has 0 atom stereocenters. The van der Waals surface area contributed by atoms with E-state index in [4.69, 9.17) is 0 Å². The summed E-state index contributed by atoms with van der Waals surface area (Å²) in [6, 6.07) is -0.581. The maximum Gasteiger partial charge on any atom is 0.321 e. The average molecular weight is 405 g/mol. The number of aryl methyl sites for hydroxylation is 2. The minimum absolute atomic E-state index is 0.0261. The summed E-state index contributed by atoms with van der Waals surface area (Å²) in [5, 5.41) is 5.85. The molecule has 2 aromatic heterocycles. The number of allylic oxidation sites excluding steroid dienone is 1. The highest BCUT2D eigenvalue weighted by Crippen LogP contribution is 2.35. The van der Waals surface area contributed by atoms with Crippen LogP contribution in [0.25, 0.3) is 10.2 Å². The van der Waals surface area contributed by atoms with Crippen LogP contribution in [0.2, 0.25) is 0 Å². The minimum atomic E-state index is -0.581. The maximum atomic E-state index is 13.0. The van der Waals surface area contributed by atoms with Crippen LogP contribution in [0.1, 0.15) is 16.9 Å². The topological polar surface area (TPSA) is 93.1 Å². The van der Waals surface area contributed by atoms with Gasteiger partial charge in [0.1, 0.15) is 4.83 Å². The monoisotopic (exact) mass is 404 g/mol. The quantitative estimate of drug-likeness (QED) is 0.419. The fourth-order valence-corrected chi connectivity index (χ4v) is 5.07. The van der Waals surface area contributed by atoms with Crippen molar-refractivity contribution < 1.29 is 9.59 Å². The zero-order chi connectivity index (χ0) is 19.4. The molecule has 0 radical (unpaired) electrons. The number of thioether (sulfide) groups is 1. The molecule has 0 saturated carbocycles. The van der Waals surface area contributed by atoms with E-state index >= 15 is 0 Å². The number of thiophene rings is 1. The second-order valence-electron chi connectivity index (χ2n) is 5.97. The standard InChI is InChI=1S/C18H20N4O3S2/c1-3-8-19-17(25)20-13(23)10-26-18-21-15-14(16(24)22(18)9-4-2)11-6-5-7-12(11)27-15/h3-4H,1-2,5-10H2,(H2,19,20,23,25). The normalized spacial score (nSPS) is 12.6. The second-order valence-corrected chi connectivity index (χ2v) is 8.00. The largest absolute Gasteiger partial charge is 0.334 e. The summed E-state index contributed by atoms with van der Waals surface area (Å²) < 4.78 is 1.54. The fraction of sp³-hybridized carbons (Fsp3) is 0.333. The van der Waals surface area contributed by atoms with Crippen LogP contribution >= 0.6 is 23.1 Å². The number of imide groups is 1. The lowest BCUT2D eigenvalue weighted by Gasteiger charge is -2.10. The van der Waals surface area contributed by atoms with Crippen LogP contribution in [0.15, 0.2) is 35.3 Å². The number of urea groups is 1. The number of carbonyl (C=O) groups is 2. The van der Waals surface area contributed by atoms with Crippen LogP contribution in [0.3, 0.4) is 0 Å². The van der Waals surface area contributed by atoms with Gasteiger partial charge in [0.15, 0.2) is 5.16 Å². The van der Waals surface area contributed by atoms with Crippen molar-refractivity contribution in [1.29, 1.82) is 0 Å². The molecule has 0 bridgehead atoms. The Hall–Kier alpha value is -2.39. The van der Waals surface area contributed by atoms with E-state index in [9.17, 15) is 14.4 Å². The van der Waals surface area contributed by atoms with Crippen molar-refractivity contribution in [2.75, 3.05) is 12.3 Å². The molecule has 7 nitrogen and oxygen atoms in total. The van der Waals surface area contributed by atoms with Crippen molar-refractivity contribution in [1.82, 2.24) is 20.2 Å². The predicted molar refractivity (Wildman–Crippen MR) is 109 cm³/mol. The molecule has 0 aromatic carbocycles. The number of amides is 3. The number of nitrogens with zero attached hydrogens (tertiary/aromatic N) is 2. The molecule has 0 saturated heterocycles. The number of carbonyl (C=O) groups excluding carboxylic acids is 2. The van der Waals surface area contributed by atoms with Gasteiger partial charge in [-0.05, 0) is 24.8 Å². The highest BCUT2D eigenvalue weighted by Gasteiger charge is 2.23.